The lowest BCUT2D eigenvalue weighted by Gasteiger charge is -2.32. The van der Waals surface area contributed by atoms with Gasteiger partial charge >= 0.3 is 12.1 Å². The molecule has 2 aliphatic rings. The van der Waals surface area contributed by atoms with Crippen LogP contribution >= 0.6 is 0 Å². The van der Waals surface area contributed by atoms with Crippen molar-refractivity contribution < 1.29 is 37.0 Å². The van der Waals surface area contributed by atoms with Crippen molar-refractivity contribution in [1.29, 1.82) is 0 Å². The second-order valence-corrected chi connectivity index (χ2v) is 9.28. The van der Waals surface area contributed by atoms with E-state index in [0.29, 0.717) is 35.7 Å². The molecule has 5 nitrogen and oxygen atoms in total. The first-order valence-electron chi connectivity index (χ1n) is 11.3. The zero-order chi connectivity index (χ0) is 25.7. The van der Waals surface area contributed by atoms with Gasteiger partial charge < -0.3 is 15.2 Å². The molecule has 5 rings (SSSR count). The number of alkyl halides is 3. The Bertz CT molecular complexity index is 1350. The zero-order valence-electron chi connectivity index (χ0n) is 18.9. The molecule has 3 aromatic carbocycles. The average Bonchev–Trinajstić information content (AvgIpc) is 3.53. The number of carbonyl (C=O) groups excluding carboxylic acids is 2. The lowest BCUT2D eigenvalue weighted by molar-refractivity contribution is -0.138. The summed E-state index contributed by atoms with van der Waals surface area (Å²) in [6.45, 7) is 0.0543. The number of fused-ring (bicyclic) bond motifs is 1. The molecule has 0 aromatic heterocycles. The summed E-state index contributed by atoms with van der Waals surface area (Å²) >= 11 is 0. The molecule has 3 aromatic rings. The summed E-state index contributed by atoms with van der Waals surface area (Å²) in [5.74, 6) is -2.11. The van der Waals surface area contributed by atoms with Crippen LogP contribution in [0, 0.1) is 5.82 Å². The van der Waals surface area contributed by atoms with Crippen LogP contribution < -0.4 is 5.32 Å². The number of aliphatic hydroxyl groups is 1. The molecule has 1 heterocycles. The molecular formula is C27H21F4NO4. The summed E-state index contributed by atoms with van der Waals surface area (Å²) in [4.78, 5) is 25.2. The third kappa shape index (κ3) is 4.24. The number of ether oxygens (including phenoxy) is 1. The number of hydrogen-bond donors (Lipinski definition) is 2. The van der Waals surface area contributed by atoms with Crippen LogP contribution in [0.5, 0.6) is 0 Å². The Morgan fingerprint density at radius 2 is 1.72 bits per heavy atom. The molecule has 1 fully saturated rings. The van der Waals surface area contributed by atoms with E-state index in [0.717, 1.165) is 12.1 Å². The predicted octanol–water partition coefficient (Wildman–Crippen LogP) is 5.46. The molecule has 1 atom stereocenters. The van der Waals surface area contributed by atoms with Gasteiger partial charge in [-0.25, -0.2) is 9.18 Å². The van der Waals surface area contributed by atoms with E-state index in [1.807, 2.05) is 0 Å². The van der Waals surface area contributed by atoms with Crippen molar-refractivity contribution in [3.8, 4) is 0 Å². The quantitative estimate of drug-likeness (QED) is 0.349. The second kappa shape index (κ2) is 8.44. The highest BCUT2D eigenvalue weighted by molar-refractivity contribution is 5.99. The van der Waals surface area contributed by atoms with Gasteiger partial charge in [-0.1, -0.05) is 30.3 Å². The third-order valence-electron chi connectivity index (χ3n) is 6.88. The highest BCUT2D eigenvalue weighted by Gasteiger charge is 2.54. The van der Waals surface area contributed by atoms with Crippen LogP contribution in [0.25, 0.3) is 0 Å². The molecule has 186 valence electrons. The summed E-state index contributed by atoms with van der Waals surface area (Å²) in [7, 11) is 0. The molecule has 0 spiro atoms. The van der Waals surface area contributed by atoms with E-state index in [-0.39, 0.29) is 24.2 Å². The Morgan fingerprint density at radius 1 is 1.00 bits per heavy atom. The molecule has 1 aliphatic heterocycles. The third-order valence-corrected chi connectivity index (χ3v) is 6.88. The van der Waals surface area contributed by atoms with Crippen LogP contribution in [0.1, 0.15) is 51.9 Å². The number of amides is 1. The van der Waals surface area contributed by atoms with Crippen LogP contribution in [0.15, 0.2) is 66.7 Å². The van der Waals surface area contributed by atoms with Crippen molar-refractivity contribution >= 4 is 17.6 Å². The molecule has 0 saturated heterocycles. The van der Waals surface area contributed by atoms with Crippen molar-refractivity contribution in [2.75, 3.05) is 5.32 Å². The first-order chi connectivity index (χ1) is 17.0. The van der Waals surface area contributed by atoms with Crippen LogP contribution in [0.2, 0.25) is 0 Å². The first-order valence-corrected chi connectivity index (χ1v) is 11.3. The molecule has 0 radical (unpaired) electrons. The van der Waals surface area contributed by atoms with Gasteiger partial charge in [-0.15, -0.1) is 0 Å². The normalized spacial score (nSPS) is 17.6. The van der Waals surface area contributed by atoms with E-state index in [4.69, 9.17) is 4.74 Å². The molecule has 1 unspecified atom stereocenters. The maximum Gasteiger partial charge on any atom is 0.416 e. The van der Waals surface area contributed by atoms with Crippen molar-refractivity contribution in [2.45, 2.75) is 43.1 Å². The molecule has 0 bridgehead atoms. The largest absolute Gasteiger partial charge is 0.457 e. The molecule has 1 saturated carbocycles. The Labute approximate surface area is 203 Å². The van der Waals surface area contributed by atoms with Gasteiger partial charge in [0, 0.05) is 16.7 Å². The number of benzene rings is 3. The monoisotopic (exact) mass is 499 g/mol. The fourth-order valence-electron chi connectivity index (χ4n) is 4.76. The number of carbonyl (C=O) groups is 2. The predicted molar refractivity (Wildman–Crippen MR) is 121 cm³/mol. The van der Waals surface area contributed by atoms with Crippen molar-refractivity contribution in [3.63, 3.8) is 0 Å². The SMILES string of the molecule is O=C1OCc2cc(NC(=O)C(O)(CC3(c4cc(C(F)(F)F)ccc4F)CC3)c3ccccc3)ccc21. The standard InChI is InChI=1S/C27H21F4NO4/c28-22-9-6-18(27(29,30)31)13-21(22)25(10-11-25)15-26(35,17-4-2-1-3-5-17)24(34)32-19-7-8-20-16(12-19)14-36-23(20)33/h1-9,12-13,35H,10-11,14-15H2,(H,32,34). The average molecular weight is 499 g/mol. The van der Waals surface area contributed by atoms with Crippen LogP contribution in [0.4, 0.5) is 23.2 Å². The highest BCUT2D eigenvalue weighted by Crippen LogP contribution is 2.56. The van der Waals surface area contributed by atoms with Gasteiger partial charge in [0.15, 0.2) is 5.60 Å². The minimum Gasteiger partial charge on any atom is -0.457 e. The molecule has 36 heavy (non-hydrogen) atoms. The van der Waals surface area contributed by atoms with E-state index in [9.17, 15) is 32.3 Å². The number of cyclic esters (lactones) is 1. The van der Waals surface area contributed by atoms with E-state index in [1.54, 1.807) is 24.3 Å². The number of esters is 1. The Balaban J connectivity index is 1.50. The van der Waals surface area contributed by atoms with E-state index in [1.165, 1.54) is 24.3 Å². The van der Waals surface area contributed by atoms with E-state index >= 15 is 0 Å². The lowest BCUT2D eigenvalue weighted by atomic mass is 9.78. The number of rotatable bonds is 6. The fraction of sp³-hybridized carbons (Fsp3) is 0.259. The van der Waals surface area contributed by atoms with Gasteiger partial charge in [0.1, 0.15) is 12.4 Å². The second-order valence-electron chi connectivity index (χ2n) is 9.28. The van der Waals surface area contributed by atoms with Gasteiger partial charge in [0.05, 0.1) is 11.1 Å². The van der Waals surface area contributed by atoms with Crippen LogP contribution in [-0.2, 0) is 33.3 Å². The summed E-state index contributed by atoms with van der Waals surface area (Å²) in [6, 6.07) is 14.8. The Morgan fingerprint density at radius 3 is 2.39 bits per heavy atom. The Hall–Kier alpha value is -3.72. The maximum atomic E-state index is 14.8. The highest BCUT2D eigenvalue weighted by atomic mass is 19.4. The van der Waals surface area contributed by atoms with Gasteiger partial charge in [-0.3, -0.25) is 4.79 Å². The van der Waals surface area contributed by atoms with Gasteiger partial charge in [-0.05, 0) is 66.8 Å². The smallest absolute Gasteiger partial charge is 0.416 e. The molecule has 1 aliphatic carbocycles. The first kappa shape index (κ1) is 24.0. The summed E-state index contributed by atoms with van der Waals surface area (Å²) in [5, 5.41) is 14.4. The zero-order valence-corrected chi connectivity index (χ0v) is 18.9. The van der Waals surface area contributed by atoms with Gasteiger partial charge in [0.2, 0.25) is 0 Å². The van der Waals surface area contributed by atoms with E-state index in [2.05, 4.69) is 5.32 Å². The number of nitrogens with one attached hydrogen (secondary N) is 1. The molecule has 1 amide bonds. The summed E-state index contributed by atoms with van der Waals surface area (Å²) in [5.41, 5.74) is -3.01. The minimum absolute atomic E-state index is 0.0543. The fourth-order valence-corrected chi connectivity index (χ4v) is 4.76. The van der Waals surface area contributed by atoms with Gasteiger partial charge in [-0.2, -0.15) is 13.2 Å². The lowest BCUT2D eigenvalue weighted by Crippen LogP contribution is -2.43. The summed E-state index contributed by atoms with van der Waals surface area (Å²) in [6.07, 6.45) is -4.36. The van der Waals surface area contributed by atoms with Crippen LogP contribution in [0.3, 0.4) is 0 Å². The molecular weight excluding hydrogens is 478 g/mol. The number of hydrogen-bond acceptors (Lipinski definition) is 4. The van der Waals surface area contributed by atoms with Gasteiger partial charge in [0.25, 0.3) is 5.91 Å². The molecule has 2 N–H and O–H groups in total. The van der Waals surface area contributed by atoms with Crippen LogP contribution in [-0.4, -0.2) is 17.0 Å². The van der Waals surface area contributed by atoms with Crippen molar-refractivity contribution in [3.05, 3.63) is 100 Å². The minimum atomic E-state index is -4.66. The number of halogens is 4. The van der Waals surface area contributed by atoms with Crippen molar-refractivity contribution in [1.82, 2.24) is 0 Å². The summed E-state index contributed by atoms with van der Waals surface area (Å²) < 4.78 is 59.8. The maximum absolute atomic E-state index is 14.8. The number of anilines is 1. The van der Waals surface area contributed by atoms with E-state index < -0.39 is 40.4 Å². The Kier molecular flexibility index (Phi) is 5.63. The molecule has 9 heteroatoms. The van der Waals surface area contributed by atoms with Crippen molar-refractivity contribution in [2.24, 2.45) is 0 Å². The topological polar surface area (TPSA) is 75.6 Å².